The Balaban J connectivity index is 1.89. The van der Waals surface area contributed by atoms with E-state index in [1.165, 1.54) is 0 Å². The number of halogens is 1. The Morgan fingerprint density at radius 1 is 1.29 bits per heavy atom. The van der Waals surface area contributed by atoms with Crippen LogP contribution in [0.5, 0.6) is 0 Å². The molecule has 1 amide bonds. The number of aromatic nitrogens is 2. The van der Waals surface area contributed by atoms with Crippen molar-refractivity contribution < 1.29 is 9.18 Å². The normalized spacial score (nSPS) is 14.8. The fourth-order valence-electron chi connectivity index (χ4n) is 3.15. The summed E-state index contributed by atoms with van der Waals surface area (Å²) >= 11 is 0. The molecule has 1 aliphatic carbocycles. The van der Waals surface area contributed by atoms with Crippen molar-refractivity contribution in [3.05, 3.63) is 41.5 Å². The summed E-state index contributed by atoms with van der Waals surface area (Å²) in [5.74, 6) is -0.260. The molecule has 1 aliphatic rings. The molecule has 150 valence electrons. The third-order valence-electron chi connectivity index (χ3n) is 4.69. The van der Waals surface area contributed by atoms with Crippen LogP contribution in [0.2, 0.25) is 0 Å². The van der Waals surface area contributed by atoms with Crippen molar-refractivity contribution in [3.63, 3.8) is 0 Å². The Morgan fingerprint density at radius 2 is 2.04 bits per heavy atom. The van der Waals surface area contributed by atoms with Crippen molar-refractivity contribution in [2.24, 2.45) is 17.4 Å². The average molecular weight is 386 g/mol. The van der Waals surface area contributed by atoms with Crippen LogP contribution in [0, 0.1) is 11.7 Å². The van der Waals surface area contributed by atoms with E-state index in [4.69, 9.17) is 11.5 Å². The lowest BCUT2D eigenvalue weighted by atomic mass is 10.0. The van der Waals surface area contributed by atoms with Gasteiger partial charge >= 0.3 is 0 Å². The second-order valence-electron chi connectivity index (χ2n) is 7.69. The van der Waals surface area contributed by atoms with Gasteiger partial charge in [0.15, 0.2) is 11.6 Å². The maximum absolute atomic E-state index is 14.5. The molecule has 3 rings (SSSR count). The topological polar surface area (TPSA) is 119 Å². The number of amides is 1. The van der Waals surface area contributed by atoms with E-state index >= 15 is 0 Å². The van der Waals surface area contributed by atoms with E-state index in [-0.39, 0.29) is 23.2 Å². The van der Waals surface area contributed by atoms with Gasteiger partial charge in [-0.05, 0) is 48.8 Å². The summed E-state index contributed by atoms with van der Waals surface area (Å²) in [6, 6.07) is 2.94. The van der Waals surface area contributed by atoms with E-state index in [1.54, 1.807) is 6.20 Å². The van der Waals surface area contributed by atoms with E-state index in [0.29, 0.717) is 24.1 Å². The number of anilines is 3. The van der Waals surface area contributed by atoms with E-state index in [2.05, 4.69) is 34.4 Å². The van der Waals surface area contributed by atoms with Crippen LogP contribution in [-0.2, 0) is 0 Å². The van der Waals surface area contributed by atoms with Gasteiger partial charge in [0.2, 0.25) is 0 Å². The molecule has 0 aromatic carbocycles. The highest BCUT2D eigenvalue weighted by atomic mass is 19.1. The predicted octanol–water partition coefficient (Wildman–Crippen LogP) is 3.12. The number of pyridine rings is 2. The Bertz CT molecular complexity index is 853. The van der Waals surface area contributed by atoms with E-state index < -0.39 is 11.7 Å². The predicted molar refractivity (Wildman–Crippen MR) is 108 cm³/mol. The number of nitrogens with one attached hydrogen (secondary N) is 2. The van der Waals surface area contributed by atoms with Crippen LogP contribution >= 0.6 is 0 Å². The van der Waals surface area contributed by atoms with Crippen molar-refractivity contribution in [1.29, 1.82) is 0 Å². The Morgan fingerprint density at radius 3 is 2.64 bits per heavy atom. The molecule has 1 saturated carbocycles. The highest BCUT2D eigenvalue weighted by molar-refractivity contribution is 5.98. The van der Waals surface area contributed by atoms with E-state index in [1.807, 2.05) is 12.3 Å². The number of carbonyl (C=O) groups is 1. The molecule has 1 fully saturated rings. The van der Waals surface area contributed by atoms with Gasteiger partial charge in [-0.2, -0.15) is 0 Å². The van der Waals surface area contributed by atoms with Gasteiger partial charge < -0.3 is 22.1 Å². The van der Waals surface area contributed by atoms with Crippen molar-refractivity contribution in [2.75, 3.05) is 17.2 Å². The van der Waals surface area contributed by atoms with Crippen molar-refractivity contribution in [2.45, 2.75) is 45.1 Å². The molecule has 0 saturated heterocycles. The molecule has 2 aromatic heterocycles. The quantitative estimate of drug-likeness (QED) is 0.526. The minimum absolute atomic E-state index is 0.0203. The zero-order valence-electron chi connectivity index (χ0n) is 16.2. The number of primary amides is 1. The lowest BCUT2D eigenvalue weighted by Gasteiger charge is -2.21. The highest BCUT2D eigenvalue weighted by Gasteiger charge is 2.24. The maximum atomic E-state index is 14.5. The first-order chi connectivity index (χ1) is 13.4. The van der Waals surface area contributed by atoms with Crippen LogP contribution in [-0.4, -0.2) is 28.5 Å². The number of nitrogens with two attached hydrogens (primary N) is 2. The molecule has 0 aliphatic heterocycles. The van der Waals surface area contributed by atoms with Gasteiger partial charge in [0, 0.05) is 18.8 Å². The Hall–Kier alpha value is -2.74. The standard InChI is InChI=1S/C20H27FN6O/c1-11(2)5-14(8-22)25-20-17(21)7-16(18(23)28)19(27-20)26-15-6-13(9-24-10-15)12-3-4-12/h6-7,9-12,14H,3-5,8,22H2,1-2H3,(H2,23,28)(H2,25,26,27). The summed E-state index contributed by atoms with van der Waals surface area (Å²) in [4.78, 5) is 20.3. The van der Waals surface area contributed by atoms with Crippen LogP contribution in [0.3, 0.4) is 0 Å². The highest BCUT2D eigenvalue weighted by Crippen LogP contribution is 2.40. The van der Waals surface area contributed by atoms with Gasteiger partial charge in [0.1, 0.15) is 5.82 Å². The molecule has 1 atom stereocenters. The number of carbonyl (C=O) groups excluding carboxylic acids is 1. The van der Waals surface area contributed by atoms with Crippen LogP contribution < -0.4 is 22.1 Å². The van der Waals surface area contributed by atoms with Gasteiger partial charge in [-0.25, -0.2) is 9.37 Å². The van der Waals surface area contributed by atoms with Gasteiger partial charge in [-0.15, -0.1) is 0 Å². The SMILES string of the molecule is CC(C)CC(CN)Nc1nc(Nc2cncc(C3CC3)c2)c(C(N)=O)cc1F. The molecule has 7 nitrogen and oxygen atoms in total. The molecule has 8 heteroatoms. The summed E-state index contributed by atoms with van der Waals surface area (Å²) in [6.07, 6.45) is 6.54. The minimum atomic E-state index is -0.760. The first-order valence-corrected chi connectivity index (χ1v) is 9.56. The molecule has 0 radical (unpaired) electrons. The number of hydrogen-bond acceptors (Lipinski definition) is 6. The Labute approximate surface area is 164 Å². The minimum Gasteiger partial charge on any atom is -0.365 e. The average Bonchev–Trinajstić information content (AvgIpc) is 3.48. The lowest BCUT2D eigenvalue weighted by Crippen LogP contribution is -2.31. The molecule has 6 N–H and O–H groups in total. The summed E-state index contributed by atoms with van der Waals surface area (Å²) in [6.45, 7) is 4.47. The molecule has 0 spiro atoms. The van der Waals surface area contributed by atoms with E-state index in [9.17, 15) is 9.18 Å². The third-order valence-corrected chi connectivity index (χ3v) is 4.69. The first kappa shape index (κ1) is 20.0. The van der Waals surface area contributed by atoms with Crippen LogP contribution in [0.1, 0.15) is 54.9 Å². The zero-order valence-corrected chi connectivity index (χ0v) is 16.2. The monoisotopic (exact) mass is 386 g/mol. The third kappa shape index (κ3) is 4.95. The van der Waals surface area contributed by atoms with Crippen LogP contribution in [0.4, 0.5) is 21.7 Å². The van der Waals surface area contributed by atoms with Crippen molar-refractivity contribution in [1.82, 2.24) is 9.97 Å². The van der Waals surface area contributed by atoms with Gasteiger partial charge in [-0.1, -0.05) is 13.8 Å². The fourth-order valence-corrected chi connectivity index (χ4v) is 3.15. The van der Waals surface area contributed by atoms with E-state index in [0.717, 1.165) is 30.9 Å². The van der Waals surface area contributed by atoms with Crippen LogP contribution in [0.15, 0.2) is 24.5 Å². The molecule has 1 unspecified atom stereocenters. The molecule has 28 heavy (non-hydrogen) atoms. The van der Waals surface area contributed by atoms with Crippen molar-refractivity contribution in [3.8, 4) is 0 Å². The Kier molecular flexibility index (Phi) is 6.08. The second-order valence-corrected chi connectivity index (χ2v) is 7.69. The molecule has 2 aromatic rings. The maximum Gasteiger partial charge on any atom is 0.252 e. The molecular weight excluding hydrogens is 359 g/mol. The summed E-state index contributed by atoms with van der Waals surface area (Å²) < 4.78 is 14.5. The van der Waals surface area contributed by atoms with Crippen molar-refractivity contribution >= 4 is 23.2 Å². The second kappa shape index (κ2) is 8.52. The smallest absolute Gasteiger partial charge is 0.252 e. The molecular formula is C20H27FN6O. The first-order valence-electron chi connectivity index (χ1n) is 9.56. The largest absolute Gasteiger partial charge is 0.365 e. The summed E-state index contributed by atoms with van der Waals surface area (Å²) in [5.41, 5.74) is 13.0. The molecule has 0 bridgehead atoms. The van der Waals surface area contributed by atoms with Gasteiger partial charge in [-0.3, -0.25) is 9.78 Å². The fraction of sp³-hybridized carbons (Fsp3) is 0.450. The lowest BCUT2D eigenvalue weighted by molar-refractivity contribution is 0.100. The molecule has 2 heterocycles. The number of rotatable bonds is 9. The van der Waals surface area contributed by atoms with Gasteiger partial charge in [0.25, 0.3) is 5.91 Å². The van der Waals surface area contributed by atoms with Crippen LogP contribution in [0.25, 0.3) is 0 Å². The van der Waals surface area contributed by atoms with Gasteiger partial charge in [0.05, 0.1) is 17.4 Å². The summed E-state index contributed by atoms with van der Waals surface area (Å²) in [5, 5.41) is 6.11. The summed E-state index contributed by atoms with van der Waals surface area (Å²) in [7, 11) is 0. The number of nitrogens with zero attached hydrogens (tertiary/aromatic N) is 2. The number of hydrogen-bond donors (Lipinski definition) is 4. The zero-order chi connectivity index (χ0) is 20.3.